The van der Waals surface area contributed by atoms with Crippen LogP contribution in [0.2, 0.25) is 0 Å². The molecule has 0 bridgehead atoms. The third kappa shape index (κ3) is 7.60. The standard InChI is InChI=1S/C24H36F2N2OS/c1-4-6-8-9-10-16-29-21-15-14-20(22(25)23(21)26)18(3)12-13-19(11-7-5-2)24-28-27-17-30-24/h14-15,17-19H,4-13,16H2,1-3H3. The average Bonchev–Trinajstić information content (AvgIpc) is 3.28. The van der Waals surface area contributed by atoms with E-state index in [1.54, 1.807) is 29.0 Å². The van der Waals surface area contributed by atoms with Crippen molar-refractivity contribution in [3.63, 3.8) is 0 Å². The molecular formula is C24H36F2N2OS. The van der Waals surface area contributed by atoms with E-state index in [-0.39, 0.29) is 11.7 Å². The van der Waals surface area contributed by atoms with Crippen molar-refractivity contribution in [2.45, 2.75) is 96.8 Å². The molecule has 2 unspecified atom stereocenters. The second kappa shape index (κ2) is 13.7. The van der Waals surface area contributed by atoms with E-state index < -0.39 is 11.6 Å². The number of unbranched alkanes of at least 4 members (excludes halogenated alkanes) is 5. The molecule has 0 N–H and O–H groups in total. The number of benzene rings is 1. The molecule has 1 aromatic carbocycles. The molecule has 0 aliphatic heterocycles. The maximum Gasteiger partial charge on any atom is 0.200 e. The topological polar surface area (TPSA) is 35.0 Å². The minimum atomic E-state index is -0.862. The summed E-state index contributed by atoms with van der Waals surface area (Å²) >= 11 is 1.58. The van der Waals surface area contributed by atoms with Crippen molar-refractivity contribution >= 4 is 11.3 Å². The van der Waals surface area contributed by atoms with Crippen LogP contribution in [0.4, 0.5) is 8.78 Å². The summed E-state index contributed by atoms with van der Waals surface area (Å²) in [4.78, 5) is 0. The Balaban J connectivity index is 1.91. The van der Waals surface area contributed by atoms with Gasteiger partial charge in [-0.05, 0) is 43.2 Å². The Bertz CT molecular complexity index is 724. The van der Waals surface area contributed by atoms with Crippen molar-refractivity contribution in [1.29, 1.82) is 0 Å². The fraction of sp³-hybridized carbons (Fsp3) is 0.667. The summed E-state index contributed by atoms with van der Waals surface area (Å²) in [6.45, 7) is 6.73. The lowest BCUT2D eigenvalue weighted by Crippen LogP contribution is -2.07. The van der Waals surface area contributed by atoms with E-state index >= 15 is 0 Å². The van der Waals surface area contributed by atoms with E-state index in [0.29, 0.717) is 18.1 Å². The summed E-state index contributed by atoms with van der Waals surface area (Å²) in [5, 5.41) is 9.24. The zero-order valence-electron chi connectivity index (χ0n) is 18.6. The van der Waals surface area contributed by atoms with Crippen LogP contribution in [0.25, 0.3) is 0 Å². The van der Waals surface area contributed by atoms with Crippen LogP contribution in [0.1, 0.15) is 107 Å². The van der Waals surface area contributed by atoms with Crippen molar-refractivity contribution in [3.8, 4) is 5.75 Å². The van der Waals surface area contributed by atoms with E-state index in [9.17, 15) is 8.78 Å². The molecule has 2 atom stereocenters. The number of aromatic nitrogens is 2. The zero-order valence-corrected chi connectivity index (χ0v) is 19.4. The molecule has 2 rings (SSSR count). The third-order valence-electron chi connectivity index (χ3n) is 5.69. The highest BCUT2D eigenvalue weighted by Crippen LogP contribution is 2.34. The second-order valence-electron chi connectivity index (χ2n) is 8.14. The first-order chi connectivity index (χ1) is 14.6. The highest BCUT2D eigenvalue weighted by Gasteiger charge is 2.21. The number of halogens is 2. The molecule has 2 aromatic rings. The van der Waals surface area contributed by atoms with Gasteiger partial charge in [-0.3, -0.25) is 0 Å². The van der Waals surface area contributed by atoms with Crippen LogP contribution in [-0.2, 0) is 0 Å². The number of rotatable bonds is 15. The van der Waals surface area contributed by atoms with Gasteiger partial charge in [0.2, 0.25) is 5.82 Å². The van der Waals surface area contributed by atoms with E-state index in [1.807, 2.05) is 6.92 Å². The second-order valence-corrected chi connectivity index (χ2v) is 9.00. The van der Waals surface area contributed by atoms with Crippen LogP contribution >= 0.6 is 11.3 Å². The van der Waals surface area contributed by atoms with Gasteiger partial charge in [0, 0.05) is 5.92 Å². The largest absolute Gasteiger partial charge is 0.490 e. The van der Waals surface area contributed by atoms with Gasteiger partial charge in [-0.1, -0.05) is 65.4 Å². The normalized spacial score (nSPS) is 13.4. The summed E-state index contributed by atoms with van der Waals surface area (Å²) in [5.74, 6) is -1.34. The van der Waals surface area contributed by atoms with Crippen molar-refractivity contribution in [2.24, 2.45) is 0 Å². The Morgan fingerprint density at radius 2 is 1.70 bits per heavy atom. The molecule has 1 aromatic heterocycles. The number of hydrogen-bond acceptors (Lipinski definition) is 4. The van der Waals surface area contributed by atoms with E-state index in [2.05, 4.69) is 24.0 Å². The minimum absolute atomic E-state index is 0.0219. The third-order valence-corrected chi connectivity index (χ3v) is 6.55. The maximum atomic E-state index is 14.7. The number of hydrogen-bond donors (Lipinski definition) is 0. The predicted octanol–water partition coefficient (Wildman–Crippen LogP) is 8.02. The van der Waals surface area contributed by atoms with Gasteiger partial charge in [0.05, 0.1) is 6.61 Å². The lowest BCUT2D eigenvalue weighted by Gasteiger charge is -2.18. The zero-order chi connectivity index (χ0) is 21.8. The molecule has 0 saturated heterocycles. The molecule has 6 heteroatoms. The SMILES string of the molecule is CCCCCCCOc1ccc(C(C)CCC(CCCC)c2nncs2)c(F)c1F. The number of nitrogens with zero attached hydrogens (tertiary/aromatic N) is 2. The van der Waals surface area contributed by atoms with Crippen molar-refractivity contribution in [1.82, 2.24) is 10.2 Å². The molecule has 0 aliphatic carbocycles. The molecular weight excluding hydrogens is 402 g/mol. The molecule has 0 radical (unpaired) electrons. The van der Waals surface area contributed by atoms with Crippen molar-refractivity contribution < 1.29 is 13.5 Å². The Morgan fingerprint density at radius 1 is 0.933 bits per heavy atom. The van der Waals surface area contributed by atoms with Gasteiger partial charge in [0.15, 0.2) is 11.6 Å². The smallest absolute Gasteiger partial charge is 0.200 e. The molecule has 168 valence electrons. The van der Waals surface area contributed by atoms with Crippen LogP contribution in [0, 0.1) is 11.6 Å². The minimum Gasteiger partial charge on any atom is -0.490 e. The van der Waals surface area contributed by atoms with Crippen molar-refractivity contribution in [3.05, 3.63) is 39.8 Å². The van der Waals surface area contributed by atoms with Crippen LogP contribution < -0.4 is 4.74 Å². The fourth-order valence-electron chi connectivity index (χ4n) is 3.73. The number of ether oxygens (including phenoxy) is 1. The molecule has 30 heavy (non-hydrogen) atoms. The molecule has 3 nitrogen and oxygen atoms in total. The summed E-state index contributed by atoms with van der Waals surface area (Å²) in [6.07, 6.45) is 10.5. The van der Waals surface area contributed by atoms with Gasteiger partial charge >= 0.3 is 0 Å². The lowest BCUT2D eigenvalue weighted by molar-refractivity contribution is 0.284. The van der Waals surface area contributed by atoms with Crippen LogP contribution in [-0.4, -0.2) is 16.8 Å². The van der Waals surface area contributed by atoms with Gasteiger partial charge in [-0.15, -0.1) is 21.5 Å². The molecule has 0 fully saturated rings. The summed E-state index contributed by atoms with van der Waals surface area (Å²) in [7, 11) is 0. The van der Waals surface area contributed by atoms with Gasteiger partial charge < -0.3 is 4.74 Å². The monoisotopic (exact) mass is 438 g/mol. The van der Waals surface area contributed by atoms with Crippen LogP contribution in [0.3, 0.4) is 0 Å². The van der Waals surface area contributed by atoms with Gasteiger partial charge in [0.25, 0.3) is 0 Å². The first kappa shape index (κ1) is 24.7. The first-order valence-corrected chi connectivity index (χ1v) is 12.3. The summed E-state index contributed by atoms with van der Waals surface area (Å²) < 4.78 is 34.7. The average molecular weight is 439 g/mol. The van der Waals surface area contributed by atoms with Gasteiger partial charge in [-0.25, -0.2) is 4.39 Å². The molecule has 0 saturated carbocycles. The molecule has 1 heterocycles. The highest BCUT2D eigenvalue weighted by atomic mass is 32.1. The maximum absolute atomic E-state index is 14.7. The Labute approximate surface area is 184 Å². The quantitative estimate of drug-likeness (QED) is 0.264. The molecule has 0 amide bonds. The molecule has 0 aliphatic rings. The Hall–Kier alpha value is -1.56. The Morgan fingerprint density at radius 3 is 2.40 bits per heavy atom. The van der Waals surface area contributed by atoms with Crippen molar-refractivity contribution in [2.75, 3.05) is 6.61 Å². The van der Waals surface area contributed by atoms with Gasteiger partial charge in [0.1, 0.15) is 10.5 Å². The van der Waals surface area contributed by atoms with Gasteiger partial charge in [-0.2, -0.15) is 4.39 Å². The highest BCUT2D eigenvalue weighted by molar-refractivity contribution is 7.09. The molecule has 0 spiro atoms. The van der Waals surface area contributed by atoms with E-state index in [1.165, 1.54) is 12.8 Å². The fourth-order valence-corrected chi connectivity index (χ4v) is 4.46. The summed E-state index contributed by atoms with van der Waals surface area (Å²) in [6, 6.07) is 3.26. The first-order valence-electron chi connectivity index (χ1n) is 11.4. The van der Waals surface area contributed by atoms with E-state index in [4.69, 9.17) is 4.74 Å². The van der Waals surface area contributed by atoms with E-state index in [0.717, 1.165) is 56.4 Å². The van der Waals surface area contributed by atoms with Crippen LogP contribution in [0.15, 0.2) is 17.6 Å². The Kier molecular flexibility index (Phi) is 11.3. The summed E-state index contributed by atoms with van der Waals surface area (Å²) in [5.41, 5.74) is 2.18. The van der Waals surface area contributed by atoms with Crippen LogP contribution in [0.5, 0.6) is 5.75 Å². The lowest BCUT2D eigenvalue weighted by atomic mass is 9.89. The predicted molar refractivity (Wildman–Crippen MR) is 120 cm³/mol.